The molecule has 1 aliphatic heterocycles. The van der Waals surface area contributed by atoms with Crippen molar-refractivity contribution in [2.24, 2.45) is 0 Å². The quantitative estimate of drug-likeness (QED) is 0.469. The third-order valence-electron chi connectivity index (χ3n) is 2.39. The van der Waals surface area contributed by atoms with Crippen LogP contribution in [-0.4, -0.2) is 48.5 Å². The Labute approximate surface area is 118 Å². The van der Waals surface area contributed by atoms with Crippen LogP contribution in [0.1, 0.15) is 6.42 Å². The standard InChI is InChI=1S/C9H8ClF6NO4/c10-5-1-3(17-6(18)8(11,12)13)4(2-20-5)21-7(19)9(14,15)16/h3-5H,1-2H2,(H,17,18)/t3-,4-,5?/m1/s1. The Kier molecular flexibility index (Phi) is 5.31. The molecular weight excluding hydrogens is 336 g/mol. The molecule has 1 saturated heterocycles. The molecule has 0 aliphatic carbocycles. The number of amides is 1. The lowest BCUT2D eigenvalue weighted by Crippen LogP contribution is -2.55. The molecule has 0 aromatic heterocycles. The average Bonchev–Trinajstić information content (AvgIpc) is 2.29. The Morgan fingerprint density at radius 2 is 1.71 bits per heavy atom. The van der Waals surface area contributed by atoms with Crippen molar-refractivity contribution in [3.8, 4) is 0 Å². The molecule has 1 fully saturated rings. The summed E-state index contributed by atoms with van der Waals surface area (Å²) in [7, 11) is 0. The molecule has 0 aromatic carbocycles. The molecule has 0 bridgehead atoms. The molecule has 0 radical (unpaired) electrons. The van der Waals surface area contributed by atoms with E-state index in [4.69, 9.17) is 11.6 Å². The van der Waals surface area contributed by atoms with Gasteiger partial charge in [-0.25, -0.2) is 4.79 Å². The lowest BCUT2D eigenvalue weighted by Gasteiger charge is -2.34. The number of alkyl halides is 7. The first kappa shape index (κ1) is 17.8. The number of esters is 1. The maximum Gasteiger partial charge on any atom is 0.490 e. The maximum atomic E-state index is 12.1. The fourth-order valence-electron chi connectivity index (χ4n) is 1.46. The average molecular weight is 344 g/mol. The second-order valence-electron chi connectivity index (χ2n) is 4.00. The van der Waals surface area contributed by atoms with Crippen molar-refractivity contribution in [3.63, 3.8) is 0 Å². The zero-order chi connectivity index (χ0) is 16.4. The molecule has 0 aromatic rings. The Bertz CT molecular complexity index is 412. The smallest absolute Gasteiger partial charge is 0.451 e. The van der Waals surface area contributed by atoms with E-state index in [9.17, 15) is 35.9 Å². The minimum absolute atomic E-state index is 0.459. The minimum atomic E-state index is -5.32. The summed E-state index contributed by atoms with van der Waals surface area (Å²) in [6.45, 7) is -0.682. The maximum absolute atomic E-state index is 12.1. The summed E-state index contributed by atoms with van der Waals surface area (Å²) in [6, 6.07) is -1.55. The summed E-state index contributed by atoms with van der Waals surface area (Å²) in [6.07, 6.45) is -12.8. The lowest BCUT2D eigenvalue weighted by molar-refractivity contribution is -0.212. The molecular formula is C9H8ClF6NO4. The molecule has 1 N–H and O–H groups in total. The van der Waals surface area contributed by atoms with E-state index in [2.05, 4.69) is 9.47 Å². The summed E-state index contributed by atoms with van der Waals surface area (Å²) in [4.78, 5) is 21.5. The summed E-state index contributed by atoms with van der Waals surface area (Å²) in [5.74, 6) is -4.98. The Hall–Kier alpha value is -1.23. The topological polar surface area (TPSA) is 64.6 Å². The van der Waals surface area contributed by atoms with E-state index in [1.54, 1.807) is 0 Å². The highest BCUT2D eigenvalue weighted by atomic mass is 35.5. The summed E-state index contributed by atoms with van der Waals surface area (Å²) in [5.41, 5.74) is -1.13. The summed E-state index contributed by atoms with van der Waals surface area (Å²) < 4.78 is 81.2. The van der Waals surface area contributed by atoms with Crippen LogP contribution in [0, 0.1) is 0 Å². The minimum Gasteiger partial charge on any atom is -0.451 e. The Balaban J connectivity index is 2.76. The van der Waals surface area contributed by atoms with Gasteiger partial charge >= 0.3 is 24.2 Å². The van der Waals surface area contributed by atoms with Gasteiger partial charge in [0.15, 0.2) is 0 Å². The predicted molar refractivity (Wildman–Crippen MR) is 54.1 cm³/mol. The van der Waals surface area contributed by atoms with E-state index < -0.39 is 55.0 Å². The molecule has 1 rings (SSSR count). The number of hydrogen-bond donors (Lipinski definition) is 1. The van der Waals surface area contributed by atoms with Gasteiger partial charge in [-0.15, -0.1) is 0 Å². The zero-order valence-corrected chi connectivity index (χ0v) is 10.7. The lowest BCUT2D eigenvalue weighted by atomic mass is 10.1. The van der Waals surface area contributed by atoms with Gasteiger partial charge < -0.3 is 14.8 Å². The van der Waals surface area contributed by atoms with Crippen LogP contribution in [0.3, 0.4) is 0 Å². The second-order valence-corrected chi connectivity index (χ2v) is 4.49. The highest BCUT2D eigenvalue weighted by Crippen LogP contribution is 2.25. The fraction of sp³-hybridized carbons (Fsp3) is 0.778. The molecule has 122 valence electrons. The fourth-order valence-corrected chi connectivity index (χ4v) is 1.72. The van der Waals surface area contributed by atoms with Crippen molar-refractivity contribution in [3.05, 3.63) is 0 Å². The van der Waals surface area contributed by atoms with Gasteiger partial charge in [0.05, 0.1) is 12.6 Å². The van der Waals surface area contributed by atoms with Crippen LogP contribution < -0.4 is 5.32 Å². The van der Waals surface area contributed by atoms with E-state index in [0.717, 1.165) is 0 Å². The van der Waals surface area contributed by atoms with Crippen LogP contribution in [0.25, 0.3) is 0 Å². The van der Waals surface area contributed by atoms with Crippen molar-refractivity contribution in [2.75, 3.05) is 6.61 Å². The molecule has 12 heteroatoms. The van der Waals surface area contributed by atoms with Crippen LogP contribution in [0.4, 0.5) is 26.3 Å². The first-order valence-corrected chi connectivity index (χ1v) is 5.76. The first-order chi connectivity index (χ1) is 9.41. The summed E-state index contributed by atoms with van der Waals surface area (Å²) >= 11 is 5.48. The zero-order valence-electron chi connectivity index (χ0n) is 9.93. The van der Waals surface area contributed by atoms with E-state index in [1.807, 2.05) is 0 Å². The number of ether oxygens (including phenoxy) is 2. The third kappa shape index (κ3) is 5.23. The van der Waals surface area contributed by atoms with Crippen LogP contribution in [-0.2, 0) is 19.1 Å². The Morgan fingerprint density at radius 3 is 2.19 bits per heavy atom. The van der Waals surface area contributed by atoms with Crippen molar-refractivity contribution in [1.82, 2.24) is 5.32 Å². The van der Waals surface area contributed by atoms with Gasteiger partial charge in [-0.2, -0.15) is 26.3 Å². The van der Waals surface area contributed by atoms with Gasteiger partial charge in [-0.1, -0.05) is 11.6 Å². The van der Waals surface area contributed by atoms with Crippen LogP contribution in [0.5, 0.6) is 0 Å². The van der Waals surface area contributed by atoms with E-state index in [0.29, 0.717) is 0 Å². The molecule has 5 nitrogen and oxygen atoms in total. The first-order valence-electron chi connectivity index (χ1n) is 5.32. The van der Waals surface area contributed by atoms with E-state index in [1.165, 1.54) is 5.32 Å². The number of hydrogen-bond acceptors (Lipinski definition) is 4. The number of carbonyl (C=O) groups is 2. The number of nitrogens with one attached hydrogen (secondary N) is 1. The molecule has 0 saturated carbocycles. The molecule has 1 unspecified atom stereocenters. The van der Waals surface area contributed by atoms with Crippen LogP contribution in [0.15, 0.2) is 0 Å². The normalized spacial score (nSPS) is 27.1. The van der Waals surface area contributed by atoms with Crippen LogP contribution >= 0.6 is 11.6 Å². The summed E-state index contributed by atoms with van der Waals surface area (Å²) in [5, 5.41) is 1.42. The van der Waals surface area contributed by atoms with Crippen molar-refractivity contribution in [1.29, 1.82) is 0 Å². The Morgan fingerprint density at radius 1 is 1.14 bits per heavy atom. The molecule has 1 aliphatic rings. The molecule has 1 amide bonds. The monoisotopic (exact) mass is 343 g/mol. The van der Waals surface area contributed by atoms with Gasteiger partial charge in [-0.3, -0.25) is 4.79 Å². The molecule has 1 heterocycles. The molecule has 21 heavy (non-hydrogen) atoms. The van der Waals surface area contributed by atoms with Gasteiger partial charge in [0.2, 0.25) is 0 Å². The van der Waals surface area contributed by atoms with Gasteiger partial charge in [-0.05, 0) is 0 Å². The van der Waals surface area contributed by atoms with Crippen molar-refractivity contribution < 1.29 is 45.4 Å². The number of rotatable bonds is 2. The van der Waals surface area contributed by atoms with Crippen molar-refractivity contribution in [2.45, 2.75) is 36.5 Å². The predicted octanol–water partition coefficient (Wildman–Crippen LogP) is 1.49. The van der Waals surface area contributed by atoms with Crippen LogP contribution in [0.2, 0.25) is 0 Å². The van der Waals surface area contributed by atoms with Gasteiger partial charge in [0.25, 0.3) is 0 Å². The number of carbonyl (C=O) groups excluding carboxylic acids is 2. The third-order valence-corrected chi connectivity index (χ3v) is 2.70. The second kappa shape index (κ2) is 6.26. The van der Waals surface area contributed by atoms with Crippen molar-refractivity contribution >= 4 is 23.5 Å². The highest BCUT2D eigenvalue weighted by molar-refractivity contribution is 6.19. The van der Waals surface area contributed by atoms with Gasteiger partial charge in [0.1, 0.15) is 11.7 Å². The van der Waals surface area contributed by atoms with Gasteiger partial charge in [0, 0.05) is 6.42 Å². The number of halogens is 7. The largest absolute Gasteiger partial charge is 0.490 e. The molecule has 3 atom stereocenters. The SMILES string of the molecule is O=C(N[C@@H]1CC(Cl)OC[C@H]1OC(=O)C(F)(F)F)C(F)(F)F. The molecule has 0 spiro atoms. The van der Waals surface area contributed by atoms with E-state index >= 15 is 0 Å². The highest BCUT2D eigenvalue weighted by Gasteiger charge is 2.47. The van der Waals surface area contributed by atoms with E-state index in [-0.39, 0.29) is 0 Å².